The lowest BCUT2D eigenvalue weighted by Gasteiger charge is -2.28. The van der Waals surface area contributed by atoms with Gasteiger partial charge in [0.25, 0.3) is 0 Å². The van der Waals surface area contributed by atoms with E-state index in [0.717, 1.165) is 11.1 Å². The van der Waals surface area contributed by atoms with Gasteiger partial charge >= 0.3 is 0 Å². The first-order valence-corrected chi connectivity index (χ1v) is 12.4. The largest absolute Gasteiger partial charge is 0.310 e. The first-order chi connectivity index (χ1) is 15.2. The molecule has 1 fully saturated rings. The molecule has 0 aliphatic heterocycles. The van der Waals surface area contributed by atoms with Crippen molar-refractivity contribution in [3.05, 3.63) is 77.0 Å². The fourth-order valence-corrected chi connectivity index (χ4v) is 6.81. The number of hydrogen-bond donors (Lipinski definition) is 1. The molecular formula is C25H29N3O3S. The quantitative estimate of drug-likeness (QED) is 0.595. The number of nitrogens with zero attached hydrogens (tertiary/aromatic N) is 2. The van der Waals surface area contributed by atoms with Crippen molar-refractivity contribution in [3.8, 4) is 0 Å². The maximum Gasteiger partial charge on any atom is 0.247 e. The van der Waals surface area contributed by atoms with E-state index in [1.54, 1.807) is 36.0 Å². The standard InChI is InChI=1S/C25H29N3O3S/c1-18-7-10-21(11-8-18)17-28-23(12-15-26-28)27-24(29)25(13-4-5-14-25)32(30,31)22-16-19(2)6-9-20(22)3/h6-12,15-16H,4-5,13-14,17H2,1-3H3,(H,27,29). The zero-order valence-corrected chi connectivity index (χ0v) is 19.6. The summed E-state index contributed by atoms with van der Waals surface area (Å²) in [4.78, 5) is 13.8. The molecular weight excluding hydrogens is 422 g/mol. The molecule has 1 aromatic heterocycles. The Morgan fingerprint density at radius 1 is 1.00 bits per heavy atom. The Balaban J connectivity index is 1.65. The number of sulfone groups is 1. The first-order valence-electron chi connectivity index (χ1n) is 10.9. The van der Waals surface area contributed by atoms with E-state index >= 15 is 0 Å². The van der Waals surface area contributed by atoms with Crippen LogP contribution in [0.25, 0.3) is 0 Å². The van der Waals surface area contributed by atoms with Crippen molar-refractivity contribution >= 4 is 21.6 Å². The third-order valence-corrected chi connectivity index (χ3v) is 9.03. The highest BCUT2D eigenvalue weighted by Crippen LogP contribution is 2.42. The average molecular weight is 452 g/mol. The summed E-state index contributed by atoms with van der Waals surface area (Å²) in [5.41, 5.74) is 3.74. The molecule has 1 amide bonds. The highest BCUT2D eigenvalue weighted by atomic mass is 32.2. The molecule has 1 heterocycles. The third-order valence-electron chi connectivity index (χ3n) is 6.38. The van der Waals surface area contributed by atoms with Gasteiger partial charge in [-0.1, -0.05) is 54.8 Å². The lowest BCUT2D eigenvalue weighted by Crippen LogP contribution is -2.48. The number of nitrogens with one attached hydrogen (secondary N) is 1. The van der Waals surface area contributed by atoms with E-state index in [4.69, 9.17) is 0 Å². The van der Waals surface area contributed by atoms with Gasteiger partial charge in [0, 0.05) is 6.07 Å². The normalized spacial score (nSPS) is 15.6. The lowest BCUT2D eigenvalue weighted by atomic mass is 10.1. The van der Waals surface area contributed by atoms with Crippen LogP contribution in [0.3, 0.4) is 0 Å². The summed E-state index contributed by atoms with van der Waals surface area (Å²) >= 11 is 0. The molecule has 0 saturated heterocycles. The molecule has 6 nitrogen and oxygen atoms in total. The second kappa shape index (κ2) is 8.54. The highest BCUT2D eigenvalue weighted by molar-refractivity contribution is 7.93. The van der Waals surface area contributed by atoms with E-state index in [-0.39, 0.29) is 4.90 Å². The fourth-order valence-electron chi connectivity index (χ4n) is 4.43. The van der Waals surface area contributed by atoms with E-state index in [2.05, 4.69) is 10.4 Å². The van der Waals surface area contributed by atoms with Crippen LogP contribution in [0.5, 0.6) is 0 Å². The van der Waals surface area contributed by atoms with Crippen LogP contribution < -0.4 is 5.32 Å². The van der Waals surface area contributed by atoms with E-state index in [1.807, 2.05) is 44.2 Å². The SMILES string of the molecule is Cc1ccc(Cn2nccc2NC(=O)C2(S(=O)(=O)c3cc(C)ccc3C)CCCC2)cc1. The molecule has 32 heavy (non-hydrogen) atoms. The van der Waals surface area contributed by atoms with Crippen molar-refractivity contribution in [1.82, 2.24) is 9.78 Å². The Morgan fingerprint density at radius 3 is 2.34 bits per heavy atom. The molecule has 0 unspecified atom stereocenters. The number of hydrogen-bond acceptors (Lipinski definition) is 4. The smallest absolute Gasteiger partial charge is 0.247 e. The molecule has 168 valence electrons. The first kappa shape index (κ1) is 22.3. The maximum atomic E-state index is 13.8. The van der Waals surface area contributed by atoms with Gasteiger partial charge in [0.1, 0.15) is 5.82 Å². The second-order valence-corrected chi connectivity index (χ2v) is 11.0. The summed E-state index contributed by atoms with van der Waals surface area (Å²) in [6, 6.07) is 15.2. The molecule has 0 spiro atoms. The summed E-state index contributed by atoms with van der Waals surface area (Å²) in [6.45, 7) is 6.16. The number of benzene rings is 2. The molecule has 1 aliphatic carbocycles. The summed E-state index contributed by atoms with van der Waals surface area (Å²) in [5.74, 6) is 0.0274. The Labute approximate surface area is 189 Å². The topological polar surface area (TPSA) is 81.1 Å². The third kappa shape index (κ3) is 3.97. The van der Waals surface area contributed by atoms with Crippen LogP contribution >= 0.6 is 0 Å². The minimum atomic E-state index is -3.87. The lowest BCUT2D eigenvalue weighted by molar-refractivity contribution is -0.118. The van der Waals surface area contributed by atoms with Crippen molar-refractivity contribution in [2.24, 2.45) is 0 Å². The Kier molecular flexibility index (Phi) is 5.95. The monoisotopic (exact) mass is 451 g/mol. The van der Waals surface area contributed by atoms with Gasteiger partial charge in [0.15, 0.2) is 14.6 Å². The van der Waals surface area contributed by atoms with E-state index in [0.29, 0.717) is 43.6 Å². The van der Waals surface area contributed by atoms with Crippen LogP contribution in [0, 0.1) is 20.8 Å². The summed E-state index contributed by atoms with van der Waals surface area (Å²) in [6.07, 6.45) is 3.67. The fraction of sp³-hybridized carbons (Fsp3) is 0.360. The molecule has 3 aromatic rings. The van der Waals surface area contributed by atoms with Crippen LogP contribution in [-0.2, 0) is 21.2 Å². The summed E-state index contributed by atoms with van der Waals surface area (Å²) in [7, 11) is -3.87. The predicted molar refractivity (Wildman–Crippen MR) is 125 cm³/mol. The van der Waals surface area contributed by atoms with Gasteiger partial charge in [-0.2, -0.15) is 5.10 Å². The van der Waals surface area contributed by atoms with Gasteiger partial charge in [0.2, 0.25) is 5.91 Å². The molecule has 4 rings (SSSR count). The number of carbonyl (C=O) groups excluding carboxylic acids is 1. The Morgan fingerprint density at radius 2 is 1.66 bits per heavy atom. The molecule has 1 aliphatic rings. The Bertz CT molecular complexity index is 1240. The average Bonchev–Trinajstić information content (AvgIpc) is 3.42. The zero-order valence-electron chi connectivity index (χ0n) is 18.8. The van der Waals surface area contributed by atoms with Crippen molar-refractivity contribution in [3.63, 3.8) is 0 Å². The second-order valence-electron chi connectivity index (χ2n) is 8.79. The van der Waals surface area contributed by atoms with Gasteiger partial charge < -0.3 is 5.32 Å². The Hall–Kier alpha value is -2.93. The number of rotatable bonds is 6. The van der Waals surface area contributed by atoms with E-state index in [1.165, 1.54) is 5.56 Å². The van der Waals surface area contributed by atoms with Gasteiger partial charge in [-0.3, -0.25) is 4.79 Å². The molecule has 1 N–H and O–H groups in total. The highest BCUT2D eigenvalue weighted by Gasteiger charge is 2.53. The van der Waals surface area contributed by atoms with E-state index < -0.39 is 20.5 Å². The van der Waals surface area contributed by atoms with Gasteiger partial charge in [0.05, 0.1) is 17.6 Å². The van der Waals surface area contributed by atoms with Crippen LogP contribution in [0.15, 0.2) is 59.6 Å². The molecule has 2 aromatic carbocycles. The molecule has 0 atom stereocenters. The zero-order chi connectivity index (χ0) is 22.9. The van der Waals surface area contributed by atoms with Crippen LogP contribution in [0.4, 0.5) is 5.82 Å². The number of amides is 1. The molecule has 0 bridgehead atoms. The molecule has 7 heteroatoms. The molecule has 1 saturated carbocycles. The van der Waals surface area contributed by atoms with Gasteiger partial charge in [-0.25, -0.2) is 13.1 Å². The maximum absolute atomic E-state index is 13.8. The van der Waals surface area contributed by atoms with E-state index in [9.17, 15) is 13.2 Å². The number of carbonyl (C=O) groups is 1. The number of aryl methyl sites for hydroxylation is 3. The van der Waals surface area contributed by atoms with Crippen molar-refractivity contribution in [2.75, 3.05) is 5.32 Å². The van der Waals surface area contributed by atoms with Crippen molar-refractivity contribution in [1.29, 1.82) is 0 Å². The van der Waals surface area contributed by atoms with Crippen LogP contribution in [0.1, 0.15) is 47.9 Å². The predicted octanol–water partition coefficient (Wildman–Crippen LogP) is 4.58. The minimum absolute atomic E-state index is 0.253. The van der Waals surface area contributed by atoms with Crippen molar-refractivity contribution in [2.45, 2.75) is 62.6 Å². The number of anilines is 1. The van der Waals surface area contributed by atoms with Crippen LogP contribution in [0.2, 0.25) is 0 Å². The summed E-state index contributed by atoms with van der Waals surface area (Å²) in [5, 5.41) is 7.23. The minimum Gasteiger partial charge on any atom is -0.310 e. The van der Waals surface area contributed by atoms with Gasteiger partial charge in [-0.15, -0.1) is 0 Å². The summed E-state index contributed by atoms with van der Waals surface area (Å²) < 4.78 is 27.9. The number of aromatic nitrogens is 2. The van der Waals surface area contributed by atoms with Crippen LogP contribution in [-0.4, -0.2) is 28.9 Å². The van der Waals surface area contributed by atoms with Crippen molar-refractivity contribution < 1.29 is 13.2 Å². The van der Waals surface area contributed by atoms with Gasteiger partial charge in [-0.05, 0) is 56.4 Å². The molecule has 0 radical (unpaired) electrons.